The molecule has 2 aromatic carbocycles. The molecule has 1 heterocycles. The quantitative estimate of drug-likeness (QED) is 0.424. The number of hydrogen-bond donors (Lipinski definition) is 0. The van der Waals surface area contributed by atoms with Gasteiger partial charge < -0.3 is 9.15 Å². The summed E-state index contributed by atoms with van der Waals surface area (Å²) in [6, 6.07) is 15.1. The first-order valence-electron chi connectivity index (χ1n) is 8.02. The first-order valence-corrected chi connectivity index (χ1v) is 9.14. The van der Waals surface area contributed by atoms with Crippen molar-refractivity contribution in [2.45, 2.75) is 19.8 Å². The van der Waals surface area contributed by atoms with Crippen molar-refractivity contribution in [1.82, 2.24) is 0 Å². The second-order valence-electron chi connectivity index (χ2n) is 5.65. The Kier molecular flexibility index (Phi) is 5.36. The molecule has 1 aromatic heterocycles. The van der Waals surface area contributed by atoms with E-state index in [0.717, 1.165) is 23.7 Å². The fourth-order valence-electron chi connectivity index (χ4n) is 2.61. The van der Waals surface area contributed by atoms with E-state index in [4.69, 9.17) is 9.15 Å². The molecule has 0 saturated heterocycles. The Morgan fingerprint density at radius 1 is 1.08 bits per heavy atom. The van der Waals surface area contributed by atoms with Crippen molar-refractivity contribution in [1.29, 1.82) is 0 Å². The van der Waals surface area contributed by atoms with E-state index < -0.39 is 0 Å². The van der Waals surface area contributed by atoms with E-state index in [1.807, 2.05) is 42.5 Å². The van der Waals surface area contributed by atoms with Crippen LogP contribution in [0.3, 0.4) is 0 Å². The lowest BCUT2D eigenvalue weighted by Gasteiger charge is -2.09. The SMILES string of the molecule is Cc1c(-c2ccccc2)oc2ccc(OCCCCBr)cc2c1=O. The van der Waals surface area contributed by atoms with Crippen LogP contribution in [0.1, 0.15) is 18.4 Å². The number of hydrogen-bond acceptors (Lipinski definition) is 3. The van der Waals surface area contributed by atoms with E-state index in [1.165, 1.54) is 0 Å². The standard InChI is InChI=1S/C20H19BrO3/c1-14-19(22)17-13-16(23-12-6-5-11-21)9-10-18(17)24-20(14)15-7-3-2-4-8-15/h2-4,7-10,13H,5-6,11-12H2,1H3. The van der Waals surface area contributed by atoms with Crippen molar-refractivity contribution in [3.8, 4) is 17.1 Å². The molecule has 4 heteroatoms. The molecule has 0 bridgehead atoms. The molecule has 0 saturated carbocycles. The minimum atomic E-state index is -0.0130. The van der Waals surface area contributed by atoms with Crippen LogP contribution in [-0.4, -0.2) is 11.9 Å². The highest BCUT2D eigenvalue weighted by Gasteiger charge is 2.13. The zero-order valence-electron chi connectivity index (χ0n) is 13.5. The largest absolute Gasteiger partial charge is 0.494 e. The molecular formula is C20H19BrO3. The Morgan fingerprint density at radius 2 is 1.88 bits per heavy atom. The normalized spacial score (nSPS) is 10.9. The van der Waals surface area contributed by atoms with Gasteiger partial charge in [0.05, 0.1) is 12.0 Å². The van der Waals surface area contributed by atoms with Crippen molar-refractivity contribution < 1.29 is 9.15 Å². The van der Waals surface area contributed by atoms with Crippen molar-refractivity contribution in [3.63, 3.8) is 0 Å². The number of alkyl halides is 1. The molecule has 3 rings (SSSR count). The number of halogens is 1. The van der Waals surface area contributed by atoms with Gasteiger partial charge in [-0.15, -0.1) is 0 Å². The molecule has 0 aliphatic rings. The fraction of sp³-hybridized carbons (Fsp3) is 0.250. The Hall–Kier alpha value is -2.07. The number of fused-ring (bicyclic) bond motifs is 1. The van der Waals surface area contributed by atoms with Gasteiger partial charge in [0, 0.05) is 16.5 Å². The number of ether oxygens (including phenoxy) is 1. The Morgan fingerprint density at radius 3 is 2.62 bits per heavy atom. The van der Waals surface area contributed by atoms with Crippen molar-refractivity contribution in [2.24, 2.45) is 0 Å². The van der Waals surface area contributed by atoms with Crippen LogP contribution in [0.2, 0.25) is 0 Å². The van der Waals surface area contributed by atoms with Gasteiger partial charge in [0.25, 0.3) is 0 Å². The van der Waals surface area contributed by atoms with Crippen LogP contribution in [0.15, 0.2) is 57.7 Å². The summed E-state index contributed by atoms with van der Waals surface area (Å²) < 4.78 is 11.7. The summed E-state index contributed by atoms with van der Waals surface area (Å²) in [5.41, 5.74) is 2.09. The highest BCUT2D eigenvalue weighted by Crippen LogP contribution is 2.27. The van der Waals surface area contributed by atoms with Gasteiger partial charge >= 0.3 is 0 Å². The molecule has 3 aromatic rings. The van der Waals surface area contributed by atoms with E-state index in [1.54, 1.807) is 13.0 Å². The monoisotopic (exact) mass is 386 g/mol. The van der Waals surface area contributed by atoms with Crippen LogP contribution in [0.25, 0.3) is 22.3 Å². The van der Waals surface area contributed by atoms with Gasteiger partial charge in [0.2, 0.25) is 0 Å². The highest BCUT2D eigenvalue weighted by molar-refractivity contribution is 9.09. The van der Waals surface area contributed by atoms with Gasteiger partial charge in [0.15, 0.2) is 5.43 Å². The van der Waals surface area contributed by atoms with Crippen LogP contribution in [-0.2, 0) is 0 Å². The molecule has 0 amide bonds. The summed E-state index contributed by atoms with van der Waals surface area (Å²) in [6.45, 7) is 2.45. The molecule has 0 N–H and O–H groups in total. The third-order valence-corrected chi connectivity index (χ3v) is 4.48. The minimum Gasteiger partial charge on any atom is -0.494 e. The summed E-state index contributed by atoms with van der Waals surface area (Å²) in [6.07, 6.45) is 2.04. The molecular weight excluding hydrogens is 368 g/mol. The summed E-state index contributed by atoms with van der Waals surface area (Å²) in [5.74, 6) is 1.33. The molecule has 24 heavy (non-hydrogen) atoms. The van der Waals surface area contributed by atoms with Crippen LogP contribution in [0.5, 0.6) is 5.75 Å². The molecule has 0 spiro atoms. The molecule has 3 nitrogen and oxygen atoms in total. The first-order chi connectivity index (χ1) is 11.7. The summed E-state index contributed by atoms with van der Waals surface area (Å²) in [5, 5.41) is 1.53. The van der Waals surface area contributed by atoms with Gasteiger partial charge in [-0.05, 0) is 38.0 Å². The average molecular weight is 387 g/mol. The summed E-state index contributed by atoms with van der Waals surface area (Å²) in [4.78, 5) is 12.7. The third kappa shape index (κ3) is 3.54. The van der Waals surface area contributed by atoms with E-state index in [-0.39, 0.29) is 5.43 Å². The molecule has 0 fully saturated rings. The van der Waals surface area contributed by atoms with Gasteiger partial charge in [-0.25, -0.2) is 0 Å². The Balaban J connectivity index is 1.97. The predicted octanol–water partition coefficient (Wildman–Crippen LogP) is 5.32. The van der Waals surface area contributed by atoms with Gasteiger partial charge in [-0.3, -0.25) is 4.79 Å². The van der Waals surface area contributed by atoms with Crippen LogP contribution in [0, 0.1) is 6.92 Å². The van der Waals surface area contributed by atoms with E-state index >= 15 is 0 Å². The van der Waals surface area contributed by atoms with Crippen molar-refractivity contribution in [2.75, 3.05) is 11.9 Å². The molecule has 0 aliphatic carbocycles. The highest BCUT2D eigenvalue weighted by atomic mass is 79.9. The molecule has 0 aliphatic heterocycles. The van der Waals surface area contributed by atoms with Gasteiger partial charge in [0.1, 0.15) is 17.1 Å². The number of unbranched alkanes of at least 4 members (excludes halogenated alkanes) is 1. The maximum absolute atomic E-state index is 12.7. The van der Waals surface area contributed by atoms with Crippen LogP contribution >= 0.6 is 15.9 Å². The maximum atomic E-state index is 12.7. The molecule has 124 valence electrons. The second-order valence-corrected chi connectivity index (χ2v) is 6.45. The van der Waals surface area contributed by atoms with Crippen LogP contribution in [0.4, 0.5) is 0 Å². The molecule has 0 atom stereocenters. The average Bonchev–Trinajstić information content (AvgIpc) is 2.63. The lowest BCUT2D eigenvalue weighted by Crippen LogP contribution is -2.07. The summed E-state index contributed by atoms with van der Waals surface area (Å²) >= 11 is 3.40. The van der Waals surface area contributed by atoms with E-state index in [2.05, 4.69) is 15.9 Å². The fourth-order valence-corrected chi connectivity index (χ4v) is 3.00. The van der Waals surface area contributed by atoms with Crippen molar-refractivity contribution in [3.05, 3.63) is 64.3 Å². The topological polar surface area (TPSA) is 39.4 Å². The predicted molar refractivity (Wildman–Crippen MR) is 101 cm³/mol. The number of rotatable bonds is 6. The Labute approximate surface area is 149 Å². The zero-order valence-corrected chi connectivity index (χ0v) is 15.1. The van der Waals surface area contributed by atoms with Crippen molar-refractivity contribution >= 4 is 26.9 Å². The van der Waals surface area contributed by atoms with E-state index in [0.29, 0.717) is 34.6 Å². The lowest BCUT2D eigenvalue weighted by molar-refractivity contribution is 0.310. The second kappa shape index (κ2) is 7.67. The van der Waals surface area contributed by atoms with Gasteiger partial charge in [-0.1, -0.05) is 46.3 Å². The van der Waals surface area contributed by atoms with E-state index in [9.17, 15) is 4.79 Å². The third-order valence-electron chi connectivity index (χ3n) is 3.92. The van der Waals surface area contributed by atoms with Gasteiger partial charge in [-0.2, -0.15) is 0 Å². The lowest BCUT2D eigenvalue weighted by atomic mass is 10.1. The number of benzene rings is 2. The van der Waals surface area contributed by atoms with Crippen LogP contribution < -0.4 is 10.2 Å². The summed E-state index contributed by atoms with van der Waals surface area (Å²) in [7, 11) is 0. The Bertz CT molecular complexity index is 885. The first kappa shape index (κ1) is 16.8. The molecule has 0 unspecified atom stereocenters. The minimum absolute atomic E-state index is 0.0130. The maximum Gasteiger partial charge on any atom is 0.196 e. The zero-order chi connectivity index (χ0) is 16.9. The molecule has 0 radical (unpaired) electrons. The smallest absolute Gasteiger partial charge is 0.196 e.